The highest BCUT2D eigenvalue weighted by Gasteiger charge is 2.35. The van der Waals surface area contributed by atoms with Crippen LogP contribution in [0, 0.1) is 13.8 Å². The Bertz CT molecular complexity index is 990. The maximum absolute atomic E-state index is 13.6. The third-order valence-corrected chi connectivity index (χ3v) is 5.71. The van der Waals surface area contributed by atoms with E-state index in [4.69, 9.17) is 20.3 Å². The third kappa shape index (κ3) is 9.37. The van der Waals surface area contributed by atoms with Gasteiger partial charge in [-0.1, -0.05) is 35.4 Å². The number of hydrogen-bond donors (Lipinski definition) is 4. The van der Waals surface area contributed by atoms with E-state index in [1.54, 1.807) is 0 Å². The first kappa shape index (κ1) is 28.3. The van der Waals surface area contributed by atoms with Gasteiger partial charge in [-0.05, 0) is 62.8 Å². The minimum absolute atomic E-state index is 0.0254. The van der Waals surface area contributed by atoms with Crippen LogP contribution in [-0.4, -0.2) is 40.3 Å². The van der Waals surface area contributed by atoms with Crippen LogP contribution in [0.25, 0.3) is 0 Å². The van der Waals surface area contributed by atoms with Gasteiger partial charge in [0.15, 0.2) is 0 Å². The predicted octanol–water partition coefficient (Wildman–Crippen LogP) is 4.07. The molecule has 0 amide bonds. The van der Waals surface area contributed by atoms with Gasteiger partial charge in [-0.2, -0.15) is 13.2 Å². The van der Waals surface area contributed by atoms with E-state index < -0.39 is 38.3 Å². The summed E-state index contributed by atoms with van der Waals surface area (Å²) in [5.74, 6) is -0.275. The van der Waals surface area contributed by atoms with Crippen molar-refractivity contribution in [3.63, 3.8) is 0 Å². The molecule has 1 unspecified atom stereocenters. The normalized spacial score (nSPS) is 14.1. The summed E-state index contributed by atoms with van der Waals surface area (Å²) in [6, 6.07) is 9.81. The van der Waals surface area contributed by atoms with E-state index >= 15 is 0 Å². The molecular formula is C23H31F3NO6P. The van der Waals surface area contributed by atoms with Crippen molar-refractivity contribution in [1.82, 2.24) is 0 Å². The molecule has 0 spiro atoms. The fraction of sp³-hybridized carbons (Fsp3) is 0.478. The van der Waals surface area contributed by atoms with Crippen LogP contribution < -0.4 is 10.5 Å². The Morgan fingerprint density at radius 1 is 1.00 bits per heavy atom. The van der Waals surface area contributed by atoms with Crippen LogP contribution >= 0.6 is 7.82 Å². The minimum atomic E-state index is -4.80. The van der Waals surface area contributed by atoms with Crippen LogP contribution in [-0.2, 0) is 28.1 Å². The van der Waals surface area contributed by atoms with Gasteiger partial charge < -0.3 is 25.4 Å². The van der Waals surface area contributed by atoms with E-state index in [0.29, 0.717) is 12.8 Å². The summed E-state index contributed by atoms with van der Waals surface area (Å²) in [5.41, 5.74) is 7.08. The number of ether oxygens (including phenoxy) is 1. The Labute approximate surface area is 196 Å². The Kier molecular flexibility index (Phi) is 9.71. The molecule has 0 radical (unpaired) electrons. The van der Waals surface area contributed by atoms with Crippen LogP contribution in [0.2, 0.25) is 0 Å². The van der Waals surface area contributed by atoms with Crippen LogP contribution in [0.1, 0.15) is 40.7 Å². The number of aliphatic hydroxyl groups excluding tert-OH is 1. The fourth-order valence-corrected chi connectivity index (χ4v) is 3.98. The van der Waals surface area contributed by atoms with Crippen molar-refractivity contribution in [3.05, 3.63) is 64.2 Å². The Hall–Kier alpha value is -1.94. The van der Waals surface area contributed by atoms with Gasteiger partial charge in [0.2, 0.25) is 0 Å². The lowest BCUT2D eigenvalue weighted by Crippen LogP contribution is -2.48. The molecule has 1 atom stereocenters. The zero-order valence-electron chi connectivity index (χ0n) is 19.1. The molecule has 0 aliphatic carbocycles. The highest BCUT2D eigenvalue weighted by molar-refractivity contribution is 7.46. The molecule has 0 saturated heterocycles. The molecule has 0 saturated carbocycles. The summed E-state index contributed by atoms with van der Waals surface area (Å²) < 4.78 is 61.6. The summed E-state index contributed by atoms with van der Waals surface area (Å²) in [5, 5.41) is 9.46. The van der Waals surface area contributed by atoms with Crippen molar-refractivity contribution in [2.45, 2.75) is 51.2 Å². The second-order valence-electron chi connectivity index (χ2n) is 8.56. The lowest BCUT2D eigenvalue weighted by Gasteiger charge is -2.27. The van der Waals surface area contributed by atoms with Crippen molar-refractivity contribution in [2.75, 3.05) is 19.8 Å². The number of benzene rings is 2. The molecule has 2 rings (SSSR count). The lowest BCUT2D eigenvalue weighted by atomic mass is 9.93. The van der Waals surface area contributed by atoms with Crippen LogP contribution in [0.3, 0.4) is 0 Å². The molecule has 7 nitrogen and oxygen atoms in total. The largest absolute Gasteiger partial charge is 0.493 e. The number of phosphoric acid groups is 1. The topological polar surface area (TPSA) is 122 Å². The molecule has 34 heavy (non-hydrogen) atoms. The Morgan fingerprint density at radius 2 is 1.65 bits per heavy atom. The summed E-state index contributed by atoms with van der Waals surface area (Å²) in [6.07, 6.45) is -3.44. The summed E-state index contributed by atoms with van der Waals surface area (Å²) in [7, 11) is -4.80. The molecule has 2 aromatic carbocycles. The summed E-state index contributed by atoms with van der Waals surface area (Å²) >= 11 is 0. The number of rotatable bonds is 12. The average molecular weight is 505 g/mol. The van der Waals surface area contributed by atoms with Gasteiger partial charge in [0, 0.05) is 0 Å². The van der Waals surface area contributed by atoms with Gasteiger partial charge in [-0.3, -0.25) is 4.52 Å². The number of phosphoric ester groups is 1. The van der Waals surface area contributed by atoms with E-state index in [1.165, 1.54) is 12.1 Å². The van der Waals surface area contributed by atoms with Gasteiger partial charge in [-0.25, -0.2) is 4.57 Å². The number of aliphatic hydroxyl groups is 1. The van der Waals surface area contributed by atoms with Crippen LogP contribution in [0.4, 0.5) is 13.2 Å². The van der Waals surface area contributed by atoms with Crippen molar-refractivity contribution >= 4 is 7.82 Å². The van der Waals surface area contributed by atoms with Crippen molar-refractivity contribution in [2.24, 2.45) is 5.73 Å². The lowest BCUT2D eigenvalue weighted by molar-refractivity contribution is -0.139. The SMILES string of the molecule is Cc1cc(C)cc(CCCOc2ccc(CCC(N)(CO)COP(=O)(O)O)cc2C(F)(F)F)c1. The number of aryl methyl sites for hydroxylation is 4. The zero-order valence-corrected chi connectivity index (χ0v) is 20.0. The molecule has 0 bridgehead atoms. The second-order valence-corrected chi connectivity index (χ2v) is 9.80. The van der Waals surface area contributed by atoms with Crippen LogP contribution in [0.15, 0.2) is 36.4 Å². The number of nitrogens with two attached hydrogens (primary N) is 1. The molecule has 0 aliphatic heterocycles. The molecule has 0 aromatic heterocycles. The maximum Gasteiger partial charge on any atom is 0.469 e. The fourth-order valence-electron chi connectivity index (χ4n) is 3.55. The van der Waals surface area contributed by atoms with E-state index in [-0.39, 0.29) is 30.8 Å². The van der Waals surface area contributed by atoms with E-state index in [2.05, 4.69) is 10.6 Å². The molecular weight excluding hydrogens is 474 g/mol. The Balaban J connectivity index is 2.03. The first-order chi connectivity index (χ1) is 15.7. The second kappa shape index (κ2) is 11.7. The van der Waals surface area contributed by atoms with Gasteiger partial charge in [-0.15, -0.1) is 0 Å². The molecule has 0 heterocycles. The molecule has 5 N–H and O–H groups in total. The minimum Gasteiger partial charge on any atom is -0.493 e. The van der Waals surface area contributed by atoms with Crippen LogP contribution in [0.5, 0.6) is 5.75 Å². The summed E-state index contributed by atoms with van der Waals surface area (Å²) in [4.78, 5) is 17.6. The average Bonchev–Trinajstić information content (AvgIpc) is 2.72. The van der Waals surface area contributed by atoms with Gasteiger partial charge in [0.25, 0.3) is 0 Å². The smallest absolute Gasteiger partial charge is 0.469 e. The first-order valence-electron chi connectivity index (χ1n) is 10.7. The molecule has 2 aromatic rings. The highest BCUT2D eigenvalue weighted by atomic mass is 31.2. The van der Waals surface area contributed by atoms with Crippen molar-refractivity contribution < 1.29 is 41.9 Å². The predicted molar refractivity (Wildman–Crippen MR) is 121 cm³/mol. The molecule has 0 aliphatic rings. The number of halogens is 3. The number of alkyl halides is 3. The van der Waals surface area contributed by atoms with Crippen molar-refractivity contribution in [3.8, 4) is 5.75 Å². The molecule has 11 heteroatoms. The molecule has 190 valence electrons. The monoisotopic (exact) mass is 505 g/mol. The standard InChI is InChI=1S/C23H31F3NO6P/c1-16-10-17(2)12-19(11-16)4-3-9-32-21-6-5-18(13-20(21)23(24,25)26)7-8-22(27,14-28)15-33-34(29,30)31/h5-6,10-13,28H,3-4,7-9,14-15,27H2,1-2H3,(H2,29,30,31). The Morgan fingerprint density at radius 3 is 2.21 bits per heavy atom. The van der Waals surface area contributed by atoms with Gasteiger partial charge in [0.1, 0.15) is 5.75 Å². The maximum atomic E-state index is 13.6. The molecule has 0 fully saturated rings. The third-order valence-electron chi connectivity index (χ3n) is 5.24. The first-order valence-corrected chi connectivity index (χ1v) is 12.2. The van der Waals surface area contributed by atoms with Crippen molar-refractivity contribution in [1.29, 1.82) is 0 Å². The van der Waals surface area contributed by atoms with E-state index in [9.17, 15) is 22.8 Å². The van der Waals surface area contributed by atoms with E-state index in [1.807, 2.05) is 26.0 Å². The zero-order chi connectivity index (χ0) is 25.6. The van der Waals surface area contributed by atoms with Gasteiger partial charge >= 0.3 is 14.0 Å². The highest BCUT2D eigenvalue weighted by Crippen LogP contribution is 2.38. The van der Waals surface area contributed by atoms with Gasteiger partial charge in [0.05, 0.1) is 30.9 Å². The number of hydrogen-bond acceptors (Lipinski definition) is 5. The quantitative estimate of drug-likeness (QED) is 0.253. The van der Waals surface area contributed by atoms with E-state index in [0.717, 1.165) is 22.8 Å². The summed E-state index contributed by atoms with van der Waals surface area (Å²) in [6.45, 7) is 2.78.